The van der Waals surface area contributed by atoms with Gasteiger partial charge in [-0.15, -0.1) is 0 Å². The molecule has 0 aliphatic carbocycles. The molecule has 0 spiro atoms. The highest BCUT2D eigenvalue weighted by Gasteiger charge is 2.02. The first-order valence-corrected chi connectivity index (χ1v) is 6.92. The van der Waals surface area contributed by atoms with Gasteiger partial charge < -0.3 is 15.4 Å². The topological polar surface area (TPSA) is 33.3 Å². The smallest absolute Gasteiger partial charge is 0.170 e. The van der Waals surface area contributed by atoms with Crippen molar-refractivity contribution in [3.8, 4) is 0 Å². The highest BCUT2D eigenvalue weighted by atomic mass is 127. The van der Waals surface area contributed by atoms with Gasteiger partial charge in [0.2, 0.25) is 0 Å². The van der Waals surface area contributed by atoms with Crippen molar-refractivity contribution < 1.29 is 4.74 Å². The summed E-state index contributed by atoms with van der Waals surface area (Å²) in [6.45, 7) is 3.65. The molecular weight excluding hydrogens is 347 g/mol. The maximum atomic E-state index is 5.22. The first-order valence-electron chi connectivity index (χ1n) is 5.44. The van der Waals surface area contributed by atoms with Crippen molar-refractivity contribution in [3.05, 3.63) is 27.3 Å². The second-order valence-electron chi connectivity index (χ2n) is 3.64. The minimum absolute atomic E-state index is 0.659. The van der Waals surface area contributed by atoms with Crippen LogP contribution >= 0.6 is 34.8 Å². The third-order valence-electron chi connectivity index (χ3n) is 2.33. The van der Waals surface area contributed by atoms with E-state index in [1.54, 1.807) is 7.11 Å². The lowest BCUT2D eigenvalue weighted by Gasteiger charge is -2.13. The standard InChI is InChI=1S/C12H17IN2OS/c1-9-10(13)5-3-6-11(9)15-12(17)14-7-4-8-16-2/h3,5-6H,4,7-8H2,1-2H3,(H2,14,15,17). The lowest BCUT2D eigenvalue weighted by molar-refractivity contribution is 0.196. The monoisotopic (exact) mass is 364 g/mol. The number of halogens is 1. The van der Waals surface area contributed by atoms with Gasteiger partial charge in [-0.1, -0.05) is 6.07 Å². The Morgan fingerprint density at radius 1 is 1.47 bits per heavy atom. The van der Waals surface area contributed by atoms with Gasteiger partial charge in [0.15, 0.2) is 5.11 Å². The van der Waals surface area contributed by atoms with E-state index in [4.69, 9.17) is 17.0 Å². The van der Waals surface area contributed by atoms with Gasteiger partial charge in [0.1, 0.15) is 0 Å². The zero-order chi connectivity index (χ0) is 12.7. The molecule has 0 heterocycles. The van der Waals surface area contributed by atoms with E-state index in [1.165, 1.54) is 9.13 Å². The van der Waals surface area contributed by atoms with Crippen molar-refractivity contribution in [3.63, 3.8) is 0 Å². The summed E-state index contributed by atoms with van der Waals surface area (Å²) in [4.78, 5) is 0. The minimum atomic E-state index is 0.659. The molecule has 0 saturated carbocycles. The minimum Gasteiger partial charge on any atom is -0.385 e. The molecule has 1 aromatic rings. The maximum Gasteiger partial charge on any atom is 0.170 e. The van der Waals surface area contributed by atoms with Gasteiger partial charge in [-0.05, 0) is 65.8 Å². The normalized spacial score (nSPS) is 10.1. The Morgan fingerprint density at radius 2 is 2.24 bits per heavy atom. The molecular formula is C12H17IN2OS. The summed E-state index contributed by atoms with van der Waals surface area (Å²) in [6.07, 6.45) is 0.948. The molecule has 1 rings (SSSR count). The Balaban J connectivity index is 2.43. The van der Waals surface area contributed by atoms with Crippen molar-refractivity contribution in [2.24, 2.45) is 0 Å². The number of rotatable bonds is 5. The first-order chi connectivity index (χ1) is 8.15. The molecule has 5 heteroatoms. The SMILES string of the molecule is COCCCNC(=S)Nc1cccc(I)c1C. The van der Waals surface area contributed by atoms with Gasteiger partial charge in [0, 0.05) is 29.5 Å². The highest BCUT2D eigenvalue weighted by molar-refractivity contribution is 14.1. The number of hydrogen-bond acceptors (Lipinski definition) is 2. The Hall–Kier alpha value is -0.400. The van der Waals surface area contributed by atoms with Gasteiger partial charge in [0.25, 0.3) is 0 Å². The lowest BCUT2D eigenvalue weighted by Crippen LogP contribution is -2.30. The van der Waals surface area contributed by atoms with E-state index < -0.39 is 0 Å². The summed E-state index contributed by atoms with van der Waals surface area (Å²) in [7, 11) is 1.70. The second-order valence-corrected chi connectivity index (χ2v) is 5.21. The molecule has 2 N–H and O–H groups in total. The van der Waals surface area contributed by atoms with Crippen LogP contribution in [0.25, 0.3) is 0 Å². The van der Waals surface area contributed by atoms with Gasteiger partial charge in [-0.2, -0.15) is 0 Å². The third-order valence-corrected chi connectivity index (χ3v) is 3.74. The molecule has 0 atom stereocenters. The number of ether oxygens (including phenoxy) is 1. The Labute approximate surface area is 121 Å². The molecule has 0 saturated heterocycles. The number of hydrogen-bond donors (Lipinski definition) is 2. The number of thiocarbonyl (C=S) groups is 1. The summed E-state index contributed by atoms with van der Waals surface area (Å²) in [5.74, 6) is 0. The third kappa shape index (κ3) is 5.18. The van der Waals surface area contributed by atoms with E-state index in [2.05, 4.69) is 46.2 Å². The van der Waals surface area contributed by atoms with Crippen LogP contribution in [0.3, 0.4) is 0 Å². The van der Waals surface area contributed by atoms with Gasteiger partial charge in [-0.25, -0.2) is 0 Å². The van der Waals surface area contributed by atoms with E-state index in [-0.39, 0.29) is 0 Å². The summed E-state index contributed by atoms with van der Waals surface area (Å²) in [6, 6.07) is 6.13. The van der Waals surface area contributed by atoms with Crippen LogP contribution < -0.4 is 10.6 Å². The maximum absolute atomic E-state index is 5.22. The van der Waals surface area contributed by atoms with E-state index in [0.29, 0.717) is 5.11 Å². The number of methoxy groups -OCH3 is 1. The predicted molar refractivity (Wildman–Crippen MR) is 84.6 cm³/mol. The highest BCUT2D eigenvalue weighted by Crippen LogP contribution is 2.19. The van der Waals surface area contributed by atoms with E-state index >= 15 is 0 Å². The molecule has 94 valence electrons. The Morgan fingerprint density at radius 3 is 2.94 bits per heavy atom. The molecule has 17 heavy (non-hydrogen) atoms. The molecule has 0 amide bonds. The average molecular weight is 364 g/mol. The lowest BCUT2D eigenvalue weighted by atomic mass is 10.2. The van der Waals surface area contributed by atoms with Crippen molar-refractivity contribution in [1.82, 2.24) is 5.32 Å². The summed E-state index contributed by atoms with van der Waals surface area (Å²) >= 11 is 7.54. The fourth-order valence-corrected chi connectivity index (χ4v) is 2.04. The van der Waals surface area contributed by atoms with Crippen molar-refractivity contribution in [2.75, 3.05) is 25.6 Å². The molecule has 0 bridgehead atoms. The molecule has 0 fully saturated rings. The summed E-state index contributed by atoms with van der Waals surface area (Å²) in [5.41, 5.74) is 2.27. The Kier molecular flexibility index (Phi) is 6.76. The average Bonchev–Trinajstić information content (AvgIpc) is 2.31. The van der Waals surface area contributed by atoms with Crippen LogP contribution in [0.4, 0.5) is 5.69 Å². The zero-order valence-corrected chi connectivity index (χ0v) is 13.0. The quantitative estimate of drug-likeness (QED) is 0.478. The molecule has 1 aromatic carbocycles. The summed E-state index contributed by atoms with van der Waals surface area (Å²) < 4.78 is 6.20. The second kappa shape index (κ2) is 7.84. The van der Waals surface area contributed by atoms with Crippen LogP contribution in [0.15, 0.2) is 18.2 Å². The molecule has 0 aliphatic heterocycles. The molecule has 0 unspecified atom stereocenters. The van der Waals surface area contributed by atoms with Crippen LogP contribution in [0.2, 0.25) is 0 Å². The van der Waals surface area contributed by atoms with Crippen molar-refractivity contribution in [2.45, 2.75) is 13.3 Å². The Bertz CT molecular complexity index is 385. The van der Waals surface area contributed by atoms with E-state index in [9.17, 15) is 0 Å². The molecule has 0 aromatic heterocycles. The van der Waals surface area contributed by atoms with E-state index in [1.807, 2.05) is 12.1 Å². The van der Waals surface area contributed by atoms with E-state index in [0.717, 1.165) is 25.3 Å². The van der Waals surface area contributed by atoms with Crippen molar-refractivity contribution in [1.29, 1.82) is 0 Å². The summed E-state index contributed by atoms with van der Waals surface area (Å²) in [5, 5.41) is 7.01. The van der Waals surface area contributed by atoms with Crippen molar-refractivity contribution >= 4 is 45.6 Å². The van der Waals surface area contributed by atoms with Gasteiger partial charge in [0.05, 0.1) is 0 Å². The van der Waals surface area contributed by atoms with Crippen LogP contribution in [-0.4, -0.2) is 25.4 Å². The molecule has 0 radical (unpaired) electrons. The molecule has 3 nitrogen and oxygen atoms in total. The number of anilines is 1. The predicted octanol–water partition coefficient (Wildman–Crippen LogP) is 2.92. The first kappa shape index (κ1) is 14.7. The van der Waals surface area contributed by atoms with Crippen LogP contribution in [-0.2, 0) is 4.74 Å². The fourth-order valence-electron chi connectivity index (χ4n) is 1.33. The number of benzene rings is 1. The fraction of sp³-hybridized carbons (Fsp3) is 0.417. The molecule has 0 aliphatic rings. The largest absolute Gasteiger partial charge is 0.385 e. The number of nitrogens with one attached hydrogen (secondary N) is 2. The van der Waals surface area contributed by atoms with Crippen LogP contribution in [0.1, 0.15) is 12.0 Å². The van der Waals surface area contributed by atoms with Gasteiger partial charge in [-0.3, -0.25) is 0 Å². The van der Waals surface area contributed by atoms with Gasteiger partial charge >= 0.3 is 0 Å². The zero-order valence-electron chi connectivity index (χ0n) is 10.0. The van der Waals surface area contributed by atoms with Crippen LogP contribution in [0.5, 0.6) is 0 Å². The van der Waals surface area contributed by atoms with Crippen LogP contribution in [0, 0.1) is 10.5 Å².